The first kappa shape index (κ1) is 9.85. The summed E-state index contributed by atoms with van der Waals surface area (Å²) in [5.41, 5.74) is 0.747. The van der Waals surface area contributed by atoms with Gasteiger partial charge in [-0.2, -0.15) is 0 Å². The predicted molar refractivity (Wildman–Crippen MR) is 63.0 cm³/mol. The van der Waals surface area contributed by atoms with Gasteiger partial charge in [0, 0.05) is 17.6 Å². The first-order chi connectivity index (χ1) is 7.68. The van der Waals surface area contributed by atoms with Crippen molar-refractivity contribution >= 4 is 10.9 Å². The average molecular weight is 218 g/mol. The largest absolute Gasteiger partial charge is 0.340 e. The lowest BCUT2D eigenvalue weighted by molar-refractivity contribution is 0.377. The SMILES string of the molecule is CN(C)C1CC1n1ccc2cccc(F)c21. The number of likely N-dealkylation sites (N-methyl/N-ethyl adjacent to an activating group) is 1. The summed E-state index contributed by atoms with van der Waals surface area (Å²) in [6.07, 6.45) is 3.12. The van der Waals surface area contributed by atoms with E-state index in [-0.39, 0.29) is 5.82 Å². The molecule has 1 aliphatic carbocycles. The number of rotatable bonds is 2. The van der Waals surface area contributed by atoms with Gasteiger partial charge in [0.1, 0.15) is 5.82 Å². The van der Waals surface area contributed by atoms with Gasteiger partial charge in [-0.05, 0) is 32.6 Å². The summed E-state index contributed by atoms with van der Waals surface area (Å²) < 4.78 is 15.8. The highest BCUT2D eigenvalue weighted by molar-refractivity contribution is 5.81. The minimum absolute atomic E-state index is 0.119. The number of aromatic nitrogens is 1. The van der Waals surface area contributed by atoms with E-state index in [1.165, 1.54) is 6.07 Å². The molecule has 0 aliphatic heterocycles. The van der Waals surface area contributed by atoms with Crippen molar-refractivity contribution in [1.82, 2.24) is 9.47 Å². The zero-order valence-corrected chi connectivity index (χ0v) is 9.52. The summed E-state index contributed by atoms with van der Waals surface area (Å²) in [6.45, 7) is 0. The van der Waals surface area contributed by atoms with Crippen LogP contribution in [0.1, 0.15) is 12.5 Å². The van der Waals surface area contributed by atoms with Crippen molar-refractivity contribution in [2.24, 2.45) is 0 Å². The first-order valence-electron chi connectivity index (χ1n) is 5.60. The van der Waals surface area contributed by atoms with E-state index < -0.39 is 0 Å². The minimum Gasteiger partial charge on any atom is -0.340 e. The molecule has 1 aliphatic rings. The Balaban J connectivity index is 2.06. The van der Waals surface area contributed by atoms with Gasteiger partial charge in [0.05, 0.1) is 11.6 Å². The van der Waals surface area contributed by atoms with Gasteiger partial charge in [-0.1, -0.05) is 12.1 Å². The van der Waals surface area contributed by atoms with Crippen LogP contribution in [0.3, 0.4) is 0 Å². The molecule has 84 valence electrons. The second-order valence-corrected chi connectivity index (χ2v) is 4.73. The summed E-state index contributed by atoms with van der Waals surface area (Å²) in [7, 11) is 4.15. The van der Waals surface area contributed by atoms with Crippen molar-refractivity contribution in [2.45, 2.75) is 18.5 Å². The van der Waals surface area contributed by atoms with E-state index in [9.17, 15) is 4.39 Å². The van der Waals surface area contributed by atoms with Crippen LogP contribution in [0.15, 0.2) is 30.5 Å². The van der Waals surface area contributed by atoms with Gasteiger partial charge >= 0.3 is 0 Å². The van der Waals surface area contributed by atoms with Crippen LogP contribution in [0.25, 0.3) is 10.9 Å². The summed E-state index contributed by atoms with van der Waals surface area (Å²) in [4.78, 5) is 2.21. The second-order valence-electron chi connectivity index (χ2n) is 4.73. The molecule has 1 aromatic heterocycles. The number of fused-ring (bicyclic) bond motifs is 1. The summed E-state index contributed by atoms with van der Waals surface area (Å²) in [6, 6.07) is 8.23. The molecular formula is C13H15FN2. The van der Waals surface area contributed by atoms with Crippen molar-refractivity contribution in [3.8, 4) is 0 Å². The Hall–Kier alpha value is -1.35. The Labute approximate surface area is 94.3 Å². The summed E-state index contributed by atoms with van der Waals surface area (Å²) in [5.74, 6) is -0.119. The molecule has 1 saturated carbocycles. The third-order valence-electron chi connectivity index (χ3n) is 3.44. The van der Waals surface area contributed by atoms with Crippen LogP contribution in [0.2, 0.25) is 0 Å². The van der Waals surface area contributed by atoms with Crippen LogP contribution in [-0.4, -0.2) is 29.6 Å². The van der Waals surface area contributed by atoms with E-state index in [1.54, 1.807) is 6.07 Å². The molecule has 0 N–H and O–H groups in total. The van der Waals surface area contributed by atoms with Gasteiger partial charge in [0.25, 0.3) is 0 Å². The topological polar surface area (TPSA) is 8.17 Å². The normalized spacial score (nSPS) is 24.2. The number of hydrogen-bond acceptors (Lipinski definition) is 1. The van der Waals surface area contributed by atoms with Crippen LogP contribution in [-0.2, 0) is 0 Å². The van der Waals surface area contributed by atoms with Gasteiger partial charge in [0.2, 0.25) is 0 Å². The minimum atomic E-state index is -0.119. The van der Waals surface area contributed by atoms with Gasteiger partial charge in [-0.3, -0.25) is 0 Å². The van der Waals surface area contributed by atoms with E-state index in [0.717, 1.165) is 17.3 Å². The van der Waals surface area contributed by atoms with Crippen LogP contribution in [0.5, 0.6) is 0 Å². The van der Waals surface area contributed by atoms with E-state index in [2.05, 4.69) is 23.6 Å². The summed E-state index contributed by atoms with van der Waals surface area (Å²) in [5, 5.41) is 0.990. The molecule has 0 saturated heterocycles. The molecule has 0 amide bonds. The highest BCUT2D eigenvalue weighted by atomic mass is 19.1. The van der Waals surface area contributed by atoms with Crippen LogP contribution in [0, 0.1) is 5.82 Å². The van der Waals surface area contributed by atoms with Crippen molar-refractivity contribution in [2.75, 3.05) is 14.1 Å². The Bertz CT molecular complexity index is 530. The monoisotopic (exact) mass is 218 g/mol. The lowest BCUT2D eigenvalue weighted by Crippen LogP contribution is -2.17. The summed E-state index contributed by atoms with van der Waals surface area (Å²) >= 11 is 0. The van der Waals surface area contributed by atoms with E-state index in [1.807, 2.05) is 18.3 Å². The Morgan fingerprint density at radius 3 is 2.81 bits per heavy atom. The Morgan fingerprint density at radius 1 is 1.31 bits per heavy atom. The van der Waals surface area contributed by atoms with Gasteiger partial charge in [-0.25, -0.2) is 4.39 Å². The fraction of sp³-hybridized carbons (Fsp3) is 0.385. The number of hydrogen-bond donors (Lipinski definition) is 0. The average Bonchev–Trinajstić information content (AvgIpc) is 2.93. The third-order valence-corrected chi connectivity index (χ3v) is 3.44. The van der Waals surface area contributed by atoms with Crippen LogP contribution >= 0.6 is 0 Å². The maximum Gasteiger partial charge on any atom is 0.147 e. The quantitative estimate of drug-likeness (QED) is 0.752. The number of nitrogens with zero attached hydrogens (tertiary/aromatic N) is 2. The van der Waals surface area contributed by atoms with Crippen molar-refractivity contribution in [1.29, 1.82) is 0 Å². The highest BCUT2D eigenvalue weighted by Gasteiger charge is 2.40. The van der Waals surface area contributed by atoms with Crippen molar-refractivity contribution in [3.05, 3.63) is 36.3 Å². The molecule has 2 unspecified atom stereocenters. The lowest BCUT2D eigenvalue weighted by atomic mass is 10.2. The standard InChI is InChI=1S/C13H15FN2/c1-15(2)11-8-12(11)16-7-6-9-4-3-5-10(14)13(9)16/h3-7,11-12H,8H2,1-2H3. The zero-order chi connectivity index (χ0) is 11.3. The van der Waals surface area contributed by atoms with E-state index in [4.69, 9.17) is 0 Å². The molecule has 1 heterocycles. The third kappa shape index (κ3) is 1.35. The fourth-order valence-electron chi connectivity index (χ4n) is 2.47. The molecule has 2 aromatic rings. The number of halogens is 1. The van der Waals surface area contributed by atoms with Crippen LogP contribution < -0.4 is 0 Å². The second kappa shape index (κ2) is 3.32. The van der Waals surface area contributed by atoms with Crippen molar-refractivity contribution < 1.29 is 4.39 Å². The molecule has 2 atom stereocenters. The first-order valence-corrected chi connectivity index (χ1v) is 5.60. The predicted octanol–water partition coefficient (Wildman–Crippen LogP) is 2.66. The van der Waals surface area contributed by atoms with Crippen molar-refractivity contribution in [3.63, 3.8) is 0 Å². The molecule has 3 heteroatoms. The molecule has 16 heavy (non-hydrogen) atoms. The molecule has 0 spiro atoms. The zero-order valence-electron chi connectivity index (χ0n) is 9.52. The Morgan fingerprint density at radius 2 is 2.12 bits per heavy atom. The smallest absolute Gasteiger partial charge is 0.147 e. The van der Waals surface area contributed by atoms with Crippen LogP contribution in [0.4, 0.5) is 4.39 Å². The maximum absolute atomic E-state index is 13.8. The molecule has 2 nitrogen and oxygen atoms in total. The van der Waals surface area contributed by atoms with E-state index >= 15 is 0 Å². The molecule has 0 radical (unpaired) electrons. The number of benzene rings is 1. The Kier molecular flexibility index (Phi) is 2.04. The number of para-hydroxylation sites is 1. The van der Waals surface area contributed by atoms with Gasteiger partial charge in [0.15, 0.2) is 0 Å². The van der Waals surface area contributed by atoms with E-state index in [0.29, 0.717) is 12.1 Å². The fourth-order valence-corrected chi connectivity index (χ4v) is 2.47. The highest BCUT2D eigenvalue weighted by Crippen LogP contribution is 2.41. The maximum atomic E-state index is 13.8. The molecular weight excluding hydrogens is 203 g/mol. The lowest BCUT2D eigenvalue weighted by Gasteiger charge is -2.10. The van der Waals surface area contributed by atoms with Gasteiger partial charge < -0.3 is 9.47 Å². The molecule has 1 fully saturated rings. The van der Waals surface area contributed by atoms with Gasteiger partial charge in [-0.15, -0.1) is 0 Å². The molecule has 1 aromatic carbocycles. The molecule has 0 bridgehead atoms. The molecule has 3 rings (SSSR count).